The molecule has 1 unspecified atom stereocenters. The number of aromatic nitrogens is 4. The molecule has 0 radical (unpaired) electrons. The van der Waals surface area contributed by atoms with Gasteiger partial charge in [0, 0.05) is 12.8 Å². The summed E-state index contributed by atoms with van der Waals surface area (Å²) in [6, 6.07) is 0. The Labute approximate surface area is 151 Å². The summed E-state index contributed by atoms with van der Waals surface area (Å²) in [4.78, 5) is 29.7. The first-order chi connectivity index (χ1) is 12.5. The molecule has 0 aromatic carbocycles. The molecule has 2 fully saturated rings. The quantitative estimate of drug-likeness (QED) is 0.802. The zero-order valence-electron chi connectivity index (χ0n) is 14.6. The fourth-order valence-electron chi connectivity index (χ4n) is 4.33. The molecule has 2 aromatic heterocycles. The maximum atomic E-state index is 12.8. The lowest BCUT2D eigenvalue weighted by Gasteiger charge is -2.36. The molecule has 1 aliphatic carbocycles. The number of anilines is 2. The maximum Gasteiger partial charge on any atom is 0.318 e. The van der Waals surface area contributed by atoms with E-state index in [1.165, 1.54) is 6.42 Å². The molecule has 1 aliphatic heterocycles. The van der Waals surface area contributed by atoms with Crippen molar-refractivity contribution in [2.45, 2.75) is 44.9 Å². The predicted molar refractivity (Wildman–Crippen MR) is 96.5 cm³/mol. The van der Waals surface area contributed by atoms with Crippen LogP contribution < -0.4 is 11.5 Å². The monoisotopic (exact) mass is 354 g/mol. The lowest BCUT2D eigenvalue weighted by Crippen LogP contribution is -2.38. The molecule has 26 heavy (non-hydrogen) atoms. The van der Waals surface area contributed by atoms with Crippen molar-refractivity contribution in [3.63, 3.8) is 0 Å². The lowest BCUT2D eigenvalue weighted by molar-refractivity contribution is -0.148. The van der Waals surface area contributed by atoms with E-state index >= 15 is 0 Å². The first-order valence-corrected chi connectivity index (χ1v) is 8.92. The fourth-order valence-corrected chi connectivity index (χ4v) is 4.33. The highest BCUT2D eigenvalue weighted by Crippen LogP contribution is 2.49. The minimum atomic E-state index is -0.622. The van der Waals surface area contributed by atoms with Gasteiger partial charge >= 0.3 is 5.97 Å². The van der Waals surface area contributed by atoms with E-state index < -0.39 is 5.41 Å². The van der Waals surface area contributed by atoms with Crippen LogP contribution in [0.2, 0.25) is 0 Å². The number of hydrogen-bond acceptors (Lipinski definition) is 8. The number of ether oxygens (including phenoxy) is 1. The summed E-state index contributed by atoms with van der Waals surface area (Å²) >= 11 is 0. The number of cyclic esters (lactones) is 1. The number of nitrogens with zero attached hydrogens (tertiary/aromatic N) is 4. The van der Waals surface area contributed by atoms with Gasteiger partial charge in [-0.1, -0.05) is 25.8 Å². The van der Waals surface area contributed by atoms with E-state index in [4.69, 9.17) is 16.2 Å². The topological polar surface area (TPSA) is 130 Å². The average Bonchev–Trinajstić information content (AvgIpc) is 2.90. The standard InChI is InChI=1S/C18H22N6O2/c1-10-7-18(16(25)26-10,11-5-3-2-4-6-11)8-12-9-21-15-13(22-12)14(19)23-17(20)24-15/h9,11H,1-8H2,(H4,19,20,21,23,24). The van der Waals surface area contributed by atoms with Crippen LogP contribution in [0.3, 0.4) is 0 Å². The van der Waals surface area contributed by atoms with Gasteiger partial charge in [0.15, 0.2) is 17.0 Å². The Hall–Kier alpha value is -2.77. The Morgan fingerprint density at radius 1 is 1.19 bits per heavy atom. The SMILES string of the molecule is C=C1CC(Cc2cnc3nc(N)nc(N)c3n2)(C2CCCCC2)C(=O)O1. The van der Waals surface area contributed by atoms with E-state index in [1.807, 2.05) is 0 Å². The maximum absolute atomic E-state index is 12.8. The van der Waals surface area contributed by atoms with Gasteiger partial charge in [0.25, 0.3) is 0 Å². The minimum absolute atomic E-state index is 0.0615. The molecular formula is C18H22N6O2. The van der Waals surface area contributed by atoms with Gasteiger partial charge in [-0.15, -0.1) is 0 Å². The summed E-state index contributed by atoms with van der Waals surface area (Å²) < 4.78 is 5.38. The summed E-state index contributed by atoms with van der Waals surface area (Å²) in [6.07, 6.45) is 8.13. The van der Waals surface area contributed by atoms with Gasteiger partial charge in [0.2, 0.25) is 5.95 Å². The molecule has 1 atom stereocenters. The molecule has 0 amide bonds. The van der Waals surface area contributed by atoms with Crippen LogP contribution in [0.5, 0.6) is 0 Å². The van der Waals surface area contributed by atoms with Crippen molar-refractivity contribution in [1.82, 2.24) is 19.9 Å². The van der Waals surface area contributed by atoms with E-state index in [1.54, 1.807) is 6.20 Å². The first kappa shape index (κ1) is 16.7. The van der Waals surface area contributed by atoms with Gasteiger partial charge in [-0.25, -0.2) is 9.97 Å². The number of nitrogen functional groups attached to an aromatic ring is 2. The average molecular weight is 354 g/mol. The number of carbonyl (C=O) groups excluding carboxylic acids is 1. The molecule has 8 nitrogen and oxygen atoms in total. The summed E-state index contributed by atoms with van der Waals surface area (Å²) in [7, 11) is 0. The second kappa shape index (κ2) is 6.19. The normalized spacial score (nSPS) is 24.2. The van der Waals surface area contributed by atoms with Crippen LogP contribution in [-0.4, -0.2) is 25.9 Å². The van der Waals surface area contributed by atoms with Crippen LogP contribution in [-0.2, 0) is 16.0 Å². The van der Waals surface area contributed by atoms with Crippen molar-refractivity contribution in [2.24, 2.45) is 11.3 Å². The van der Waals surface area contributed by atoms with Gasteiger partial charge in [0.05, 0.1) is 17.3 Å². The zero-order chi connectivity index (χ0) is 18.3. The predicted octanol–water partition coefficient (Wildman–Crippen LogP) is 2.15. The van der Waals surface area contributed by atoms with Crippen LogP contribution in [0.4, 0.5) is 11.8 Å². The highest BCUT2D eigenvalue weighted by atomic mass is 16.5. The molecule has 0 bridgehead atoms. The number of fused-ring (bicyclic) bond motifs is 1. The van der Waals surface area contributed by atoms with E-state index in [0.29, 0.717) is 35.5 Å². The molecule has 2 aliphatic rings. The molecule has 136 valence electrons. The molecule has 3 heterocycles. The van der Waals surface area contributed by atoms with Crippen LogP contribution in [0, 0.1) is 11.3 Å². The number of esters is 1. The number of carbonyl (C=O) groups is 1. The van der Waals surface area contributed by atoms with Gasteiger partial charge < -0.3 is 16.2 Å². The van der Waals surface area contributed by atoms with Crippen molar-refractivity contribution in [2.75, 3.05) is 11.5 Å². The van der Waals surface area contributed by atoms with Crippen molar-refractivity contribution in [3.05, 3.63) is 24.2 Å². The third-order valence-corrected chi connectivity index (χ3v) is 5.54. The molecule has 2 aromatic rings. The van der Waals surface area contributed by atoms with Crippen LogP contribution in [0.25, 0.3) is 11.2 Å². The Kier molecular flexibility index (Phi) is 3.97. The van der Waals surface area contributed by atoms with E-state index in [0.717, 1.165) is 25.7 Å². The Balaban J connectivity index is 1.73. The summed E-state index contributed by atoms with van der Waals surface area (Å²) in [5.74, 6) is 0.849. The van der Waals surface area contributed by atoms with Crippen LogP contribution in [0.1, 0.15) is 44.2 Å². The van der Waals surface area contributed by atoms with Gasteiger partial charge in [-0.3, -0.25) is 4.79 Å². The number of hydrogen-bond donors (Lipinski definition) is 2. The minimum Gasteiger partial charge on any atom is -0.431 e. The second-order valence-corrected chi connectivity index (χ2v) is 7.27. The first-order valence-electron chi connectivity index (χ1n) is 8.92. The zero-order valence-corrected chi connectivity index (χ0v) is 14.6. The van der Waals surface area contributed by atoms with E-state index in [-0.39, 0.29) is 23.7 Å². The second-order valence-electron chi connectivity index (χ2n) is 7.27. The highest BCUT2D eigenvalue weighted by Gasteiger charge is 2.52. The third-order valence-electron chi connectivity index (χ3n) is 5.54. The summed E-state index contributed by atoms with van der Waals surface area (Å²) in [5.41, 5.74) is 12.3. The Bertz CT molecular complexity index is 893. The van der Waals surface area contributed by atoms with Crippen LogP contribution >= 0.6 is 0 Å². The van der Waals surface area contributed by atoms with Gasteiger partial charge in [0.1, 0.15) is 5.76 Å². The highest BCUT2D eigenvalue weighted by molar-refractivity contribution is 5.83. The van der Waals surface area contributed by atoms with Crippen molar-refractivity contribution < 1.29 is 9.53 Å². The van der Waals surface area contributed by atoms with Crippen molar-refractivity contribution in [1.29, 1.82) is 0 Å². The summed E-state index contributed by atoms with van der Waals surface area (Å²) in [6.45, 7) is 3.88. The van der Waals surface area contributed by atoms with E-state index in [9.17, 15) is 4.79 Å². The summed E-state index contributed by atoms with van der Waals surface area (Å²) in [5, 5.41) is 0. The largest absolute Gasteiger partial charge is 0.431 e. The van der Waals surface area contributed by atoms with Crippen molar-refractivity contribution >= 4 is 28.9 Å². The van der Waals surface area contributed by atoms with Crippen molar-refractivity contribution in [3.8, 4) is 0 Å². The molecule has 4 rings (SSSR count). The van der Waals surface area contributed by atoms with Gasteiger partial charge in [-0.05, 0) is 18.8 Å². The van der Waals surface area contributed by atoms with Gasteiger partial charge in [-0.2, -0.15) is 9.97 Å². The Morgan fingerprint density at radius 3 is 2.65 bits per heavy atom. The molecule has 4 N–H and O–H groups in total. The molecular weight excluding hydrogens is 332 g/mol. The molecule has 1 saturated carbocycles. The smallest absolute Gasteiger partial charge is 0.318 e. The molecule has 8 heteroatoms. The number of nitrogens with two attached hydrogens (primary N) is 2. The third kappa shape index (κ3) is 2.75. The fraction of sp³-hybridized carbons (Fsp3) is 0.500. The number of allylic oxidation sites excluding steroid dienone is 1. The number of rotatable bonds is 3. The van der Waals surface area contributed by atoms with E-state index in [2.05, 4.69) is 26.5 Å². The Morgan fingerprint density at radius 2 is 1.96 bits per heavy atom. The lowest BCUT2D eigenvalue weighted by atomic mass is 9.65. The van der Waals surface area contributed by atoms with Crippen LogP contribution in [0.15, 0.2) is 18.5 Å². The molecule has 0 spiro atoms. The molecule has 1 saturated heterocycles.